The molecule has 0 spiro atoms. The van der Waals surface area contributed by atoms with Crippen LogP contribution in [0.1, 0.15) is 11.1 Å². The summed E-state index contributed by atoms with van der Waals surface area (Å²) in [6.07, 6.45) is 3.42. The lowest BCUT2D eigenvalue weighted by Gasteiger charge is -2.10. The van der Waals surface area contributed by atoms with Crippen LogP contribution in [0.2, 0.25) is 0 Å². The van der Waals surface area contributed by atoms with Crippen LogP contribution >= 0.6 is 11.8 Å². The quantitative estimate of drug-likeness (QED) is 0.463. The second-order valence-electron chi connectivity index (χ2n) is 5.85. The number of rotatable bonds is 5. The minimum Gasteiger partial charge on any atom is -0.313 e. The first-order chi connectivity index (χ1) is 12.7. The molecule has 0 radical (unpaired) electrons. The molecule has 0 saturated carbocycles. The number of benzene rings is 2. The summed E-state index contributed by atoms with van der Waals surface area (Å²) in [6, 6.07) is 15.0. The molecule has 0 bridgehead atoms. The maximum atomic E-state index is 14.1. The molecule has 0 aliphatic heterocycles. The topological polar surface area (TPSA) is 30.7 Å². The number of pyridine rings is 1. The summed E-state index contributed by atoms with van der Waals surface area (Å²) in [6.45, 7) is 0.361. The van der Waals surface area contributed by atoms with Gasteiger partial charge in [-0.05, 0) is 29.8 Å². The first kappa shape index (κ1) is 16.7. The van der Waals surface area contributed by atoms with Gasteiger partial charge in [0, 0.05) is 17.5 Å². The van der Waals surface area contributed by atoms with Gasteiger partial charge in [-0.3, -0.25) is 4.98 Å². The Balaban J connectivity index is 1.68. The van der Waals surface area contributed by atoms with Crippen molar-refractivity contribution in [3.63, 3.8) is 0 Å². The minimum atomic E-state index is -0.257. The van der Waals surface area contributed by atoms with Gasteiger partial charge in [0.05, 0.1) is 23.8 Å². The smallest absolute Gasteiger partial charge is 0.169 e. The normalized spacial score (nSPS) is 11.2. The number of nitrogens with zero attached hydrogens (tertiary/aromatic N) is 3. The predicted octanol–water partition coefficient (Wildman–Crippen LogP) is 5.05. The van der Waals surface area contributed by atoms with Gasteiger partial charge in [-0.15, -0.1) is 0 Å². The number of fused-ring (bicyclic) bond motifs is 1. The molecular formula is C20H15F2N3S. The first-order valence-electron chi connectivity index (χ1n) is 8.11. The van der Waals surface area contributed by atoms with E-state index in [9.17, 15) is 8.78 Å². The van der Waals surface area contributed by atoms with Crippen LogP contribution < -0.4 is 0 Å². The van der Waals surface area contributed by atoms with Crippen molar-refractivity contribution in [2.75, 3.05) is 0 Å². The van der Waals surface area contributed by atoms with E-state index in [4.69, 9.17) is 0 Å². The van der Waals surface area contributed by atoms with Crippen molar-refractivity contribution in [3.8, 4) is 0 Å². The predicted molar refractivity (Wildman–Crippen MR) is 99.0 cm³/mol. The van der Waals surface area contributed by atoms with Gasteiger partial charge in [0.1, 0.15) is 11.6 Å². The summed E-state index contributed by atoms with van der Waals surface area (Å²) in [5.74, 6) is 0.0673. The minimum absolute atomic E-state index is 0.251. The highest BCUT2D eigenvalue weighted by Gasteiger charge is 2.13. The van der Waals surface area contributed by atoms with Crippen molar-refractivity contribution in [2.24, 2.45) is 0 Å². The van der Waals surface area contributed by atoms with Gasteiger partial charge >= 0.3 is 0 Å². The zero-order chi connectivity index (χ0) is 17.9. The molecule has 0 atom stereocenters. The molecule has 2 heterocycles. The van der Waals surface area contributed by atoms with Gasteiger partial charge in [0.25, 0.3) is 0 Å². The highest BCUT2D eigenvalue weighted by molar-refractivity contribution is 7.98. The first-order valence-corrected chi connectivity index (χ1v) is 9.10. The molecule has 130 valence electrons. The molecule has 4 aromatic rings. The van der Waals surface area contributed by atoms with Crippen molar-refractivity contribution >= 4 is 22.8 Å². The fraction of sp³-hybridized carbons (Fsp3) is 0.100. The van der Waals surface area contributed by atoms with E-state index in [0.29, 0.717) is 17.9 Å². The summed E-state index contributed by atoms with van der Waals surface area (Å²) < 4.78 is 29.5. The number of halogens is 2. The van der Waals surface area contributed by atoms with Crippen LogP contribution in [0.15, 0.2) is 72.1 Å². The van der Waals surface area contributed by atoms with E-state index in [0.717, 1.165) is 21.8 Å². The van der Waals surface area contributed by atoms with E-state index in [2.05, 4.69) is 9.97 Å². The average molecular weight is 367 g/mol. The second kappa shape index (κ2) is 7.25. The van der Waals surface area contributed by atoms with E-state index in [1.165, 1.54) is 30.0 Å². The van der Waals surface area contributed by atoms with E-state index in [-0.39, 0.29) is 11.6 Å². The van der Waals surface area contributed by atoms with Gasteiger partial charge < -0.3 is 4.57 Å². The third kappa shape index (κ3) is 3.46. The lowest BCUT2D eigenvalue weighted by molar-refractivity contribution is 0.594. The van der Waals surface area contributed by atoms with Crippen LogP contribution in [-0.4, -0.2) is 14.5 Å². The van der Waals surface area contributed by atoms with Crippen molar-refractivity contribution in [2.45, 2.75) is 17.5 Å². The van der Waals surface area contributed by atoms with Gasteiger partial charge in [-0.1, -0.05) is 42.1 Å². The average Bonchev–Trinajstić information content (AvgIpc) is 3.00. The molecule has 2 aromatic heterocycles. The van der Waals surface area contributed by atoms with Crippen molar-refractivity contribution in [3.05, 3.63) is 89.8 Å². The molecule has 0 fully saturated rings. The molecule has 0 aliphatic rings. The Labute approximate surface area is 153 Å². The Morgan fingerprint density at radius 2 is 1.88 bits per heavy atom. The summed E-state index contributed by atoms with van der Waals surface area (Å²) in [4.78, 5) is 8.81. The fourth-order valence-corrected chi connectivity index (χ4v) is 3.74. The Hall–Kier alpha value is -2.73. The molecule has 0 unspecified atom stereocenters. The highest BCUT2D eigenvalue weighted by atomic mass is 32.2. The van der Waals surface area contributed by atoms with Crippen LogP contribution in [0.25, 0.3) is 11.0 Å². The number of aromatic nitrogens is 3. The largest absolute Gasteiger partial charge is 0.313 e. The Kier molecular flexibility index (Phi) is 4.67. The second-order valence-corrected chi connectivity index (χ2v) is 6.80. The molecule has 0 amide bonds. The van der Waals surface area contributed by atoms with Crippen molar-refractivity contribution in [1.82, 2.24) is 14.5 Å². The Morgan fingerprint density at radius 1 is 1.00 bits per heavy atom. The summed E-state index contributed by atoms with van der Waals surface area (Å²) in [7, 11) is 0. The molecule has 2 aromatic carbocycles. The van der Waals surface area contributed by atoms with E-state index < -0.39 is 0 Å². The third-order valence-electron chi connectivity index (χ3n) is 4.06. The van der Waals surface area contributed by atoms with Crippen LogP contribution in [0.4, 0.5) is 8.78 Å². The van der Waals surface area contributed by atoms with Crippen molar-refractivity contribution in [1.29, 1.82) is 0 Å². The van der Waals surface area contributed by atoms with E-state index in [1.807, 2.05) is 22.8 Å². The Morgan fingerprint density at radius 3 is 2.73 bits per heavy atom. The Bertz CT molecular complexity index is 1060. The van der Waals surface area contributed by atoms with Crippen LogP contribution in [-0.2, 0) is 12.3 Å². The lowest BCUT2D eigenvalue weighted by atomic mass is 10.2. The van der Waals surface area contributed by atoms with Gasteiger partial charge in [0.2, 0.25) is 0 Å². The van der Waals surface area contributed by atoms with Crippen LogP contribution in [0, 0.1) is 11.6 Å². The van der Waals surface area contributed by atoms with Gasteiger partial charge in [-0.25, -0.2) is 13.8 Å². The molecule has 0 N–H and O–H groups in total. The van der Waals surface area contributed by atoms with Gasteiger partial charge in [-0.2, -0.15) is 0 Å². The summed E-state index contributed by atoms with van der Waals surface area (Å²) in [5.41, 5.74) is 3.11. The SMILES string of the molecule is Fc1cccc(CSc2nc3ccncc3n2Cc2ccccc2F)c1. The zero-order valence-corrected chi connectivity index (χ0v) is 14.6. The fourth-order valence-electron chi connectivity index (χ4n) is 2.78. The number of hydrogen-bond acceptors (Lipinski definition) is 3. The highest BCUT2D eigenvalue weighted by Crippen LogP contribution is 2.28. The third-order valence-corrected chi connectivity index (χ3v) is 5.11. The zero-order valence-electron chi connectivity index (χ0n) is 13.8. The maximum Gasteiger partial charge on any atom is 0.169 e. The van der Waals surface area contributed by atoms with Crippen molar-refractivity contribution < 1.29 is 8.78 Å². The summed E-state index contributed by atoms with van der Waals surface area (Å²) in [5, 5.41) is 0.750. The van der Waals surface area contributed by atoms with E-state index >= 15 is 0 Å². The number of thioether (sulfide) groups is 1. The van der Waals surface area contributed by atoms with Crippen LogP contribution in [0.3, 0.4) is 0 Å². The molecular weight excluding hydrogens is 352 g/mol. The van der Waals surface area contributed by atoms with Crippen LogP contribution in [0.5, 0.6) is 0 Å². The monoisotopic (exact) mass is 367 g/mol. The standard InChI is InChI=1S/C20H15F2N3S/c21-16-6-3-4-14(10-16)13-26-20-24-18-8-9-23-11-19(18)25(20)12-15-5-1-2-7-17(15)22/h1-11H,12-13H2. The molecule has 3 nitrogen and oxygen atoms in total. The molecule has 26 heavy (non-hydrogen) atoms. The molecule has 4 rings (SSSR count). The lowest BCUT2D eigenvalue weighted by Crippen LogP contribution is -2.03. The molecule has 0 saturated heterocycles. The molecule has 6 heteroatoms. The van der Waals surface area contributed by atoms with E-state index in [1.54, 1.807) is 30.6 Å². The van der Waals surface area contributed by atoms with Gasteiger partial charge in [0.15, 0.2) is 5.16 Å². The number of imidazole rings is 1. The molecule has 0 aliphatic carbocycles. The maximum absolute atomic E-state index is 14.1. The number of hydrogen-bond donors (Lipinski definition) is 0. The summed E-state index contributed by atoms with van der Waals surface area (Å²) >= 11 is 1.49.